The van der Waals surface area contributed by atoms with Gasteiger partial charge in [-0.15, -0.1) is 0 Å². The quantitative estimate of drug-likeness (QED) is 0.805. The number of nitrogens with one attached hydrogen (secondary N) is 1. The van der Waals surface area contributed by atoms with Crippen LogP contribution in [0.3, 0.4) is 0 Å². The van der Waals surface area contributed by atoms with Crippen LogP contribution in [-0.2, 0) is 21.4 Å². The lowest BCUT2D eigenvalue weighted by Crippen LogP contribution is -2.28. The zero-order valence-corrected chi connectivity index (χ0v) is 16.3. The molecule has 7 heteroatoms. The molecule has 0 aliphatic heterocycles. The molecule has 2 aromatic rings. The van der Waals surface area contributed by atoms with Gasteiger partial charge in [-0.25, -0.2) is 8.42 Å². The molecule has 0 atom stereocenters. The zero-order chi connectivity index (χ0) is 19.3. The van der Waals surface area contributed by atoms with Gasteiger partial charge < -0.3 is 9.64 Å². The molecule has 0 unspecified atom stereocenters. The number of amides is 1. The first kappa shape index (κ1) is 19.8. The van der Waals surface area contributed by atoms with Crippen molar-refractivity contribution in [3.8, 4) is 5.75 Å². The Morgan fingerprint density at radius 2 is 1.88 bits per heavy atom. The van der Waals surface area contributed by atoms with E-state index >= 15 is 0 Å². The highest BCUT2D eigenvalue weighted by Gasteiger charge is 2.18. The Balaban J connectivity index is 2.32. The number of hydrogen-bond donors (Lipinski definition) is 1. The van der Waals surface area contributed by atoms with Gasteiger partial charge in [0, 0.05) is 20.0 Å². The minimum absolute atomic E-state index is 0.0593. The van der Waals surface area contributed by atoms with Crippen LogP contribution >= 0.6 is 0 Å². The zero-order valence-electron chi connectivity index (χ0n) is 15.4. The Kier molecular flexibility index (Phi) is 6.26. The molecule has 2 rings (SSSR count). The molecule has 0 radical (unpaired) electrons. The number of para-hydroxylation sites is 1. The maximum atomic E-state index is 12.8. The number of ether oxygens (including phenoxy) is 1. The van der Waals surface area contributed by atoms with E-state index in [2.05, 4.69) is 4.72 Å². The first-order valence-corrected chi connectivity index (χ1v) is 9.77. The fraction of sp³-hybridized carbons (Fsp3) is 0.316. The van der Waals surface area contributed by atoms with Gasteiger partial charge >= 0.3 is 0 Å². The highest BCUT2D eigenvalue weighted by Crippen LogP contribution is 2.25. The number of nitrogens with zero attached hydrogens (tertiary/aromatic N) is 1. The summed E-state index contributed by atoms with van der Waals surface area (Å²) < 4.78 is 33.3. The van der Waals surface area contributed by atoms with Gasteiger partial charge in [0.05, 0.1) is 17.7 Å². The lowest BCUT2D eigenvalue weighted by Gasteiger charge is -2.21. The lowest BCUT2D eigenvalue weighted by molar-refractivity contribution is -0.129. The van der Waals surface area contributed by atoms with E-state index in [9.17, 15) is 13.2 Å². The number of aryl methyl sites for hydroxylation is 1. The van der Waals surface area contributed by atoms with E-state index in [-0.39, 0.29) is 10.8 Å². The van der Waals surface area contributed by atoms with Gasteiger partial charge in [-0.3, -0.25) is 9.52 Å². The average Bonchev–Trinajstić information content (AvgIpc) is 2.60. The summed E-state index contributed by atoms with van der Waals surface area (Å²) in [6.45, 7) is 6.06. The van der Waals surface area contributed by atoms with Crippen LogP contribution in [0.25, 0.3) is 0 Å². The van der Waals surface area contributed by atoms with Crippen LogP contribution in [0.2, 0.25) is 0 Å². The van der Waals surface area contributed by atoms with Crippen LogP contribution in [0.1, 0.15) is 25.0 Å². The molecular formula is C19H24N2O4S. The SMILES string of the molecule is CCN(Cc1ccccc1NS(=O)(=O)c1ccc(OC)c(C)c1)C(C)=O. The summed E-state index contributed by atoms with van der Waals surface area (Å²) >= 11 is 0. The van der Waals surface area contributed by atoms with Crippen molar-refractivity contribution in [1.29, 1.82) is 0 Å². The van der Waals surface area contributed by atoms with Crippen molar-refractivity contribution in [2.24, 2.45) is 0 Å². The molecule has 0 heterocycles. The Labute approximate surface area is 154 Å². The molecule has 0 fully saturated rings. The Bertz CT molecular complexity index is 894. The fourth-order valence-electron chi connectivity index (χ4n) is 2.63. The van der Waals surface area contributed by atoms with Gasteiger partial charge in [0.1, 0.15) is 5.75 Å². The summed E-state index contributed by atoms with van der Waals surface area (Å²) in [6, 6.07) is 11.8. The van der Waals surface area contributed by atoms with Crippen LogP contribution in [0, 0.1) is 6.92 Å². The van der Waals surface area contributed by atoms with E-state index in [0.717, 1.165) is 11.1 Å². The van der Waals surface area contributed by atoms with Crippen molar-refractivity contribution in [2.75, 3.05) is 18.4 Å². The van der Waals surface area contributed by atoms with Crippen molar-refractivity contribution < 1.29 is 17.9 Å². The lowest BCUT2D eigenvalue weighted by atomic mass is 10.1. The van der Waals surface area contributed by atoms with Crippen LogP contribution in [0.15, 0.2) is 47.4 Å². The van der Waals surface area contributed by atoms with E-state index in [1.165, 1.54) is 13.0 Å². The van der Waals surface area contributed by atoms with E-state index in [0.29, 0.717) is 24.5 Å². The monoisotopic (exact) mass is 376 g/mol. The molecule has 1 amide bonds. The largest absolute Gasteiger partial charge is 0.496 e. The predicted molar refractivity (Wildman–Crippen MR) is 102 cm³/mol. The predicted octanol–water partition coefficient (Wildman–Crippen LogP) is 3.17. The summed E-state index contributed by atoms with van der Waals surface area (Å²) in [6.07, 6.45) is 0. The van der Waals surface area contributed by atoms with Crippen molar-refractivity contribution in [3.05, 3.63) is 53.6 Å². The van der Waals surface area contributed by atoms with Crippen LogP contribution in [0.4, 0.5) is 5.69 Å². The van der Waals surface area contributed by atoms with Crippen LogP contribution in [-0.4, -0.2) is 32.9 Å². The molecule has 140 valence electrons. The van der Waals surface area contributed by atoms with E-state index < -0.39 is 10.0 Å². The molecular weight excluding hydrogens is 352 g/mol. The minimum Gasteiger partial charge on any atom is -0.496 e. The second kappa shape index (κ2) is 8.23. The third-order valence-electron chi connectivity index (χ3n) is 4.13. The highest BCUT2D eigenvalue weighted by molar-refractivity contribution is 7.92. The summed E-state index contributed by atoms with van der Waals surface area (Å²) in [5.41, 5.74) is 1.93. The van der Waals surface area contributed by atoms with E-state index in [1.54, 1.807) is 43.2 Å². The molecule has 0 aliphatic carbocycles. The molecule has 0 saturated carbocycles. The number of rotatable bonds is 7. The summed E-state index contributed by atoms with van der Waals surface area (Å²) in [7, 11) is -2.21. The number of benzene rings is 2. The molecule has 1 N–H and O–H groups in total. The molecule has 0 bridgehead atoms. The second-order valence-corrected chi connectivity index (χ2v) is 7.61. The molecule has 0 spiro atoms. The first-order chi connectivity index (χ1) is 12.3. The number of anilines is 1. The summed E-state index contributed by atoms with van der Waals surface area (Å²) in [5.74, 6) is 0.570. The van der Waals surface area contributed by atoms with Crippen LogP contribution in [0.5, 0.6) is 5.75 Å². The first-order valence-electron chi connectivity index (χ1n) is 8.29. The normalized spacial score (nSPS) is 11.1. The molecule has 6 nitrogen and oxygen atoms in total. The maximum absolute atomic E-state index is 12.8. The van der Waals surface area contributed by atoms with Crippen molar-refractivity contribution in [2.45, 2.75) is 32.2 Å². The summed E-state index contributed by atoms with van der Waals surface area (Å²) in [4.78, 5) is 13.5. The number of carbonyl (C=O) groups is 1. The van der Waals surface area contributed by atoms with Gasteiger partial charge in [0.2, 0.25) is 5.91 Å². The third kappa shape index (κ3) is 4.54. The Morgan fingerprint density at radius 3 is 2.46 bits per heavy atom. The standard InChI is InChI=1S/C19H24N2O4S/c1-5-21(15(3)22)13-16-8-6-7-9-18(16)20-26(23,24)17-10-11-19(25-4)14(2)12-17/h6-12,20H,5,13H2,1-4H3. The second-order valence-electron chi connectivity index (χ2n) is 5.93. The smallest absolute Gasteiger partial charge is 0.261 e. The number of hydrogen-bond acceptors (Lipinski definition) is 4. The number of carbonyl (C=O) groups excluding carboxylic acids is 1. The average molecular weight is 376 g/mol. The molecule has 0 aliphatic rings. The molecule has 26 heavy (non-hydrogen) atoms. The van der Waals surface area contributed by atoms with Gasteiger partial charge in [-0.2, -0.15) is 0 Å². The maximum Gasteiger partial charge on any atom is 0.261 e. The van der Waals surface area contributed by atoms with Gasteiger partial charge in [0.15, 0.2) is 0 Å². The third-order valence-corrected chi connectivity index (χ3v) is 5.49. The summed E-state index contributed by atoms with van der Waals surface area (Å²) in [5, 5.41) is 0. The van der Waals surface area contributed by atoms with E-state index in [4.69, 9.17) is 4.74 Å². The van der Waals surface area contributed by atoms with Crippen molar-refractivity contribution >= 4 is 21.6 Å². The fourth-order valence-corrected chi connectivity index (χ4v) is 3.82. The van der Waals surface area contributed by atoms with E-state index in [1.807, 2.05) is 19.1 Å². The van der Waals surface area contributed by atoms with Crippen LogP contribution < -0.4 is 9.46 Å². The minimum atomic E-state index is -3.76. The Morgan fingerprint density at radius 1 is 1.19 bits per heavy atom. The molecule has 0 aromatic heterocycles. The van der Waals surface area contributed by atoms with Crippen molar-refractivity contribution in [1.82, 2.24) is 4.90 Å². The van der Waals surface area contributed by atoms with Gasteiger partial charge in [-0.05, 0) is 49.2 Å². The Hall–Kier alpha value is -2.54. The van der Waals surface area contributed by atoms with Gasteiger partial charge in [-0.1, -0.05) is 18.2 Å². The molecule has 2 aromatic carbocycles. The van der Waals surface area contributed by atoms with Crippen molar-refractivity contribution in [3.63, 3.8) is 0 Å². The highest BCUT2D eigenvalue weighted by atomic mass is 32.2. The number of sulfonamides is 1. The number of methoxy groups -OCH3 is 1. The topological polar surface area (TPSA) is 75.7 Å². The molecule has 0 saturated heterocycles. The van der Waals surface area contributed by atoms with Gasteiger partial charge in [0.25, 0.3) is 10.0 Å².